The smallest absolute Gasteiger partial charge is 0.259 e. The highest BCUT2D eigenvalue weighted by atomic mass is 16.5. The maximum Gasteiger partial charge on any atom is 0.259 e. The summed E-state index contributed by atoms with van der Waals surface area (Å²) >= 11 is 0. The fourth-order valence-corrected chi connectivity index (χ4v) is 2.30. The first kappa shape index (κ1) is 15.2. The van der Waals surface area contributed by atoms with E-state index in [4.69, 9.17) is 4.74 Å². The van der Waals surface area contributed by atoms with E-state index in [0.717, 1.165) is 6.42 Å². The highest BCUT2D eigenvalue weighted by Crippen LogP contribution is 2.04. The summed E-state index contributed by atoms with van der Waals surface area (Å²) in [6.07, 6.45) is 2.56. The Morgan fingerprint density at radius 2 is 1.91 bits per heavy atom. The number of rotatable bonds is 7. The monoisotopic (exact) mass is 309 g/mol. The van der Waals surface area contributed by atoms with Gasteiger partial charge in [0.1, 0.15) is 11.5 Å². The van der Waals surface area contributed by atoms with Crippen LogP contribution in [-0.4, -0.2) is 22.5 Å². The van der Waals surface area contributed by atoms with Gasteiger partial charge in [-0.3, -0.25) is 9.20 Å². The van der Waals surface area contributed by atoms with Crippen molar-refractivity contribution in [3.05, 3.63) is 76.7 Å². The molecular formula is C18H19N3O2. The van der Waals surface area contributed by atoms with Crippen molar-refractivity contribution < 1.29 is 4.74 Å². The summed E-state index contributed by atoms with van der Waals surface area (Å²) in [5.74, 6) is 0.601. The molecule has 1 aromatic carbocycles. The van der Waals surface area contributed by atoms with Crippen LogP contribution in [0, 0.1) is 0 Å². The quantitative estimate of drug-likeness (QED) is 0.682. The number of anilines is 1. The summed E-state index contributed by atoms with van der Waals surface area (Å²) < 4.78 is 7.15. The van der Waals surface area contributed by atoms with Crippen LogP contribution in [0.5, 0.6) is 0 Å². The van der Waals surface area contributed by atoms with Gasteiger partial charge in [0.25, 0.3) is 5.56 Å². The molecule has 0 unspecified atom stereocenters. The third kappa shape index (κ3) is 4.17. The number of nitrogens with one attached hydrogen (secondary N) is 1. The van der Waals surface area contributed by atoms with Crippen molar-refractivity contribution in [2.45, 2.75) is 13.0 Å². The van der Waals surface area contributed by atoms with Crippen LogP contribution in [0.4, 0.5) is 5.82 Å². The Hall–Kier alpha value is -2.66. The summed E-state index contributed by atoms with van der Waals surface area (Å²) in [7, 11) is 0. The summed E-state index contributed by atoms with van der Waals surface area (Å²) in [6, 6.07) is 17.1. The molecule has 118 valence electrons. The summed E-state index contributed by atoms with van der Waals surface area (Å²) in [6.45, 7) is 2.00. The van der Waals surface area contributed by atoms with Gasteiger partial charge >= 0.3 is 0 Å². The largest absolute Gasteiger partial charge is 0.377 e. The third-order valence-electron chi connectivity index (χ3n) is 3.45. The number of pyridine rings is 1. The van der Waals surface area contributed by atoms with E-state index < -0.39 is 0 Å². The van der Waals surface area contributed by atoms with Crippen LogP contribution in [0.3, 0.4) is 0 Å². The molecule has 3 aromatic rings. The molecular weight excluding hydrogens is 290 g/mol. The SMILES string of the molecule is O=c1cc(NCCCOCc2ccccc2)nc2ccccn12. The van der Waals surface area contributed by atoms with Crippen LogP contribution in [0.25, 0.3) is 5.65 Å². The zero-order chi connectivity index (χ0) is 15.9. The van der Waals surface area contributed by atoms with Crippen LogP contribution < -0.4 is 10.9 Å². The third-order valence-corrected chi connectivity index (χ3v) is 3.45. The van der Waals surface area contributed by atoms with Gasteiger partial charge in [-0.1, -0.05) is 36.4 Å². The normalized spacial score (nSPS) is 10.8. The summed E-state index contributed by atoms with van der Waals surface area (Å²) in [4.78, 5) is 16.4. The Bertz CT molecular complexity index is 815. The molecule has 3 rings (SSSR count). The van der Waals surface area contributed by atoms with Crippen LogP contribution in [0.1, 0.15) is 12.0 Å². The second kappa shape index (κ2) is 7.56. The fraction of sp³-hybridized carbons (Fsp3) is 0.222. The number of nitrogens with zero attached hydrogens (tertiary/aromatic N) is 2. The lowest BCUT2D eigenvalue weighted by molar-refractivity contribution is 0.120. The minimum absolute atomic E-state index is 0.0848. The van der Waals surface area contributed by atoms with Gasteiger partial charge in [-0.15, -0.1) is 0 Å². The molecule has 1 N–H and O–H groups in total. The van der Waals surface area contributed by atoms with E-state index in [1.807, 2.05) is 48.5 Å². The predicted octanol–water partition coefficient (Wildman–Crippen LogP) is 2.71. The molecule has 2 aromatic heterocycles. The number of fused-ring (bicyclic) bond motifs is 1. The molecule has 0 aliphatic heterocycles. The van der Waals surface area contributed by atoms with Crippen molar-refractivity contribution in [3.63, 3.8) is 0 Å². The standard InChI is InChI=1S/C18H19N3O2/c22-18-13-16(20-17-9-4-5-11-21(17)18)19-10-6-12-23-14-15-7-2-1-3-8-15/h1-5,7-9,11,13,19H,6,10,12,14H2. The van der Waals surface area contributed by atoms with E-state index >= 15 is 0 Å². The van der Waals surface area contributed by atoms with Gasteiger partial charge in [-0.25, -0.2) is 4.98 Å². The van der Waals surface area contributed by atoms with E-state index in [1.54, 1.807) is 6.20 Å². The highest BCUT2D eigenvalue weighted by Gasteiger charge is 2.00. The zero-order valence-electron chi connectivity index (χ0n) is 12.8. The van der Waals surface area contributed by atoms with Gasteiger partial charge in [0.2, 0.25) is 0 Å². The molecule has 5 heteroatoms. The van der Waals surface area contributed by atoms with Crippen LogP contribution in [-0.2, 0) is 11.3 Å². The molecule has 0 radical (unpaired) electrons. The van der Waals surface area contributed by atoms with Crippen LogP contribution in [0.15, 0.2) is 65.6 Å². The Morgan fingerprint density at radius 3 is 2.78 bits per heavy atom. The summed E-state index contributed by atoms with van der Waals surface area (Å²) in [5.41, 5.74) is 1.73. The first-order chi connectivity index (χ1) is 11.3. The van der Waals surface area contributed by atoms with E-state index in [0.29, 0.717) is 31.2 Å². The first-order valence-corrected chi connectivity index (χ1v) is 7.67. The lowest BCUT2D eigenvalue weighted by Crippen LogP contribution is -2.16. The zero-order valence-corrected chi connectivity index (χ0v) is 12.8. The van der Waals surface area contributed by atoms with Crippen LogP contribution >= 0.6 is 0 Å². The van der Waals surface area contributed by atoms with Crippen molar-refractivity contribution in [3.8, 4) is 0 Å². The van der Waals surface area contributed by atoms with Crippen molar-refractivity contribution in [1.29, 1.82) is 0 Å². The fourth-order valence-electron chi connectivity index (χ4n) is 2.30. The highest BCUT2D eigenvalue weighted by molar-refractivity contribution is 5.46. The van der Waals surface area contributed by atoms with E-state index in [1.165, 1.54) is 16.0 Å². The number of ether oxygens (including phenoxy) is 1. The van der Waals surface area contributed by atoms with Gasteiger partial charge < -0.3 is 10.1 Å². The van der Waals surface area contributed by atoms with Crippen molar-refractivity contribution >= 4 is 11.5 Å². The lowest BCUT2D eigenvalue weighted by Gasteiger charge is -2.07. The molecule has 0 atom stereocenters. The Labute approximate surface area is 134 Å². The molecule has 5 nitrogen and oxygen atoms in total. The molecule has 0 aliphatic carbocycles. The second-order valence-electron chi connectivity index (χ2n) is 5.23. The maximum atomic E-state index is 11.9. The van der Waals surface area contributed by atoms with Gasteiger partial charge in [-0.05, 0) is 24.1 Å². The Morgan fingerprint density at radius 1 is 1.09 bits per heavy atom. The number of hydrogen-bond acceptors (Lipinski definition) is 4. The molecule has 2 heterocycles. The number of hydrogen-bond donors (Lipinski definition) is 1. The van der Waals surface area contributed by atoms with Gasteiger partial charge in [0.05, 0.1) is 6.61 Å². The number of aromatic nitrogens is 2. The maximum absolute atomic E-state index is 11.9. The van der Waals surface area contributed by atoms with Crippen molar-refractivity contribution in [2.24, 2.45) is 0 Å². The minimum atomic E-state index is -0.0848. The molecule has 23 heavy (non-hydrogen) atoms. The topological polar surface area (TPSA) is 55.6 Å². The van der Waals surface area contributed by atoms with E-state index in [-0.39, 0.29) is 5.56 Å². The molecule has 0 saturated carbocycles. The average molecular weight is 309 g/mol. The molecule has 0 bridgehead atoms. The van der Waals surface area contributed by atoms with Crippen molar-refractivity contribution in [1.82, 2.24) is 9.38 Å². The Kier molecular flexibility index (Phi) is 5.01. The van der Waals surface area contributed by atoms with E-state index in [2.05, 4.69) is 10.3 Å². The molecule has 0 saturated heterocycles. The minimum Gasteiger partial charge on any atom is -0.377 e. The van der Waals surface area contributed by atoms with E-state index in [9.17, 15) is 4.79 Å². The summed E-state index contributed by atoms with van der Waals surface area (Å²) in [5, 5.41) is 3.17. The lowest BCUT2D eigenvalue weighted by atomic mass is 10.2. The molecule has 0 amide bonds. The van der Waals surface area contributed by atoms with Gasteiger partial charge in [0.15, 0.2) is 0 Å². The number of benzene rings is 1. The second-order valence-corrected chi connectivity index (χ2v) is 5.23. The van der Waals surface area contributed by atoms with Crippen molar-refractivity contribution in [2.75, 3.05) is 18.5 Å². The average Bonchev–Trinajstić information content (AvgIpc) is 2.59. The molecule has 0 aliphatic rings. The van der Waals surface area contributed by atoms with Gasteiger partial charge in [0, 0.05) is 25.4 Å². The van der Waals surface area contributed by atoms with Gasteiger partial charge in [-0.2, -0.15) is 0 Å². The molecule has 0 fully saturated rings. The molecule has 0 spiro atoms. The Balaban J connectivity index is 1.45. The van der Waals surface area contributed by atoms with Crippen LogP contribution in [0.2, 0.25) is 0 Å². The first-order valence-electron chi connectivity index (χ1n) is 7.67. The predicted molar refractivity (Wildman–Crippen MR) is 90.7 cm³/mol.